The number of Topliss-reactive ketones (excluding diaryl/α,β-unsaturated/α-hetero) is 1. The molecule has 1 aliphatic carbocycles. The van der Waals surface area contributed by atoms with E-state index in [0.29, 0.717) is 17.0 Å². The lowest BCUT2D eigenvalue weighted by molar-refractivity contribution is -0.141. The number of likely N-dealkylation sites (tertiary alicyclic amines) is 1. The lowest BCUT2D eigenvalue weighted by Gasteiger charge is -2.35. The number of aliphatic hydroxyl groups excluding tert-OH is 1. The van der Waals surface area contributed by atoms with Gasteiger partial charge in [0.2, 0.25) is 0 Å². The molecule has 156 valence electrons. The Labute approximate surface area is 176 Å². The summed E-state index contributed by atoms with van der Waals surface area (Å²) >= 11 is 0. The third-order valence-corrected chi connectivity index (χ3v) is 6.10. The van der Waals surface area contributed by atoms with E-state index in [-0.39, 0.29) is 17.4 Å². The summed E-state index contributed by atoms with van der Waals surface area (Å²) in [6, 6.07) is 9.97. The van der Waals surface area contributed by atoms with Crippen molar-refractivity contribution in [3.05, 3.63) is 65.0 Å². The van der Waals surface area contributed by atoms with Crippen LogP contribution in [0.5, 0.6) is 5.75 Å². The van der Waals surface area contributed by atoms with Crippen molar-refractivity contribution in [1.82, 2.24) is 9.88 Å². The first-order chi connectivity index (χ1) is 14.5. The number of ether oxygens (including phenoxy) is 1. The lowest BCUT2D eigenvalue weighted by atomic mass is 9.92. The quantitative estimate of drug-likeness (QED) is 0.469. The molecule has 30 heavy (non-hydrogen) atoms. The standard InChI is InChI=1S/C24H26N2O4/c1-15-14-17(30-2)11-12-18(15)22(27)20-21(19-10-6-7-13-25-19)26(24(29)23(20)28)16-8-4-3-5-9-16/h6-7,10-14,16,21,27H,3-5,8-9H2,1-2H3/b22-20-. The summed E-state index contributed by atoms with van der Waals surface area (Å²) in [6.07, 6.45) is 6.56. The number of carbonyl (C=O) groups excluding carboxylic acids is 2. The number of hydrogen-bond donors (Lipinski definition) is 1. The Morgan fingerprint density at radius 1 is 1.13 bits per heavy atom. The highest BCUT2D eigenvalue weighted by atomic mass is 16.5. The first kappa shape index (κ1) is 20.1. The van der Waals surface area contributed by atoms with Crippen LogP contribution in [0.3, 0.4) is 0 Å². The first-order valence-electron chi connectivity index (χ1n) is 10.4. The van der Waals surface area contributed by atoms with Crippen molar-refractivity contribution in [2.45, 2.75) is 51.1 Å². The summed E-state index contributed by atoms with van der Waals surface area (Å²) in [5.41, 5.74) is 1.97. The Morgan fingerprint density at radius 2 is 1.90 bits per heavy atom. The van der Waals surface area contributed by atoms with Crippen LogP contribution < -0.4 is 4.74 Å². The van der Waals surface area contributed by atoms with Gasteiger partial charge in [0.15, 0.2) is 0 Å². The molecule has 1 aliphatic heterocycles. The van der Waals surface area contributed by atoms with Crippen molar-refractivity contribution >= 4 is 17.4 Å². The van der Waals surface area contributed by atoms with E-state index in [9.17, 15) is 14.7 Å². The molecule has 2 fully saturated rings. The Kier molecular flexibility index (Phi) is 5.57. The molecule has 1 aromatic heterocycles. The predicted molar refractivity (Wildman–Crippen MR) is 113 cm³/mol. The third kappa shape index (κ3) is 3.47. The fourth-order valence-corrected chi connectivity index (χ4v) is 4.59. The maximum atomic E-state index is 13.1. The van der Waals surface area contributed by atoms with Gasteiger partial charge in [-0.2, -0.15) is 0 Å². The van der Waals surface area contributed by atoms with Crippen LogP contribution in [0.1, 0.15) is 55.0 Å². The van der Waals surface area contributed by atoms with Crippen LogP contribution in [-0.2, 0) is 9.59 Å². The van der Waals surface area contributed by atoms with Crippen LogP contribution >= 0.6 is 0 Å². The summed E-state index contributed by atoms with van der Waals surface area (Å²) in [4.78, 5) is 32.3. The van der Waals surface area contributed by atoms with E-state index in [1.54, 1.807) is 48.5 Å². The molecule has 1 saturated carbocycles. The zero-order chi connectivity index (χ0) is 21.3. The number of benzene rings is 1. The summed E-state index contributed by atoms with van der Waals surface area (Å²) in [5, 5.41) is 11.2. The second kappa shape index (κ2) is 8.30. The smallest absolute Gasteiger partial charge is 0.295 e. The van der Waals surface area contributed by atoms with Crippen molar-refractivity contribution in [2.24, 2.45) is 0 Å². The normalized spacial score (nSPS) is 21.8. The fourth-order valence-electron chi connectivity index (χ4n) is 4.59. The summed E-state index contributed by atoms with van der Waals surface area (Å²) in [7, 11) is 1.57. The number of pyridine rings is 1. The van der Waals surface area contributed by atoms with Gasteiger partial charge in [0.25, 0.3) is 11.7 Å². The predicted octanol–water partition coefficient (Wildman–Crippen LogP) is 4.15. The molecule has 0 bridgehead atoms. The summed E-state index contributed by atoms with van der Waals surface area (Å²) in [5.74, 6) is -0.704. The highest BCUT2D eigenvalue weighted by Gasteiger charge is 2.49. The average molecular weight is 406 g/mol. The second-order valence-corrected chi connectivity index (χ2v) is 7.93. The van der Waals surface area contributed by atoms with Crippen molar-refractivity contribution in [3.63, 3.8) is 0 Å². The molecule has 1 aromatic carbocycles. The number of nitrogens with zero attached hydrogens (tertiary/aromatic N) is 2. The largest absolute Gasteiger partial charge is 0.507 e. The minimum Gasteiger partial charge on any atom is -0.507 e. The molecule has 0 spiro atoms. The molecule has 2 aromatic rings. The Hall–Kier alpha value is -3.15. The molecular weight excluding hydrogens is 380 g/mol. The number of hydrogen-bond acceptors (Lipinski definition) is 5. The van der Waals surface area contributed by atoms with E-state index >= 15 is 0 Å². The fraction of sp³-hybridized carbons (Fsp3) is 0.375. The van der Waals surface area contributed by atoms with Crippen molar-refractivity contribution in [2.75, 3.05) is 7.11 Å². The van der Waals surface area contributed by atoms with E-state index in [1.807, 2.05) is 13.0 Å². The molecule has 2 aliphatic rings. The van der Waals surface area contributed by atoms with Gasteiger partial charge < -0.3 is 14.7 Å². The van der Waals surface area contributed by atoms with Gasteiger partial charge in [0.05, 0.1) is 18.4 Å². The van der Waals surface area contributed by atoms with Crippen molar-refractivity contribution in [1.29, 1.82) is 0 Å². The summed E-state index contributed by atoms with van der Waals surface area (Å²) in [6.45, 7) is 1.84. The lowest BCUT2D eigenvalue weighted by Crippen LogP contribution is -2.40. The zero-order valence-corrected chi connectivity index (χ0v) is 17.3. The van der Waals surface area contributed by atoms with Crippen LogP contribution in [0, 0.1) is 6.92 Å². The zero-order valence-electron chi connectivity index (χ0n) is 17.3. The van der Waals surface area contributed by atoms with E-state index < -0.39 is 17.7 Å². The molecule has 1 atom stereocenters. The van der Waals surface area contributed by atoms with Crippen molar-refractivity contribution in [3.8, 4) is 5.75 Å². The van der Waals surface area contributed by atoms with Crippen LogP contribution in [0.2, 0.25) is 0 Å². The highest BCUT2D eigenvalue weighted by Crippen LogP contribution is 2.42. The van der Waals surface area contributed by atoms with E-state index in [4.69, 9.17) is 4.74 Å². The van der Waals surface area contributed by atoms with Crippen LogP contribution in [0.4, 0.5) is 0 Å². The Bertz CT molecular complexity index is 994. The average Bonchev–Trinajstić information content (AvgIpc) is 3.05. The van der Waals surface area contributed by atoms with Gasteiger partial charge in [-0.15, -0.1) is 0 Å². The second-order valence-electron chi connectivity index (χ2n) is 7.93. The third-order valence-electron chi connectivity index (χ3n) is 6.10. The van der Waals surface area contributed by atoms with E-state index in [0.717, 1.165) is 37.7 Å². The summed E-state index contributed by atoms with van der Waals surface area (Å²) < 4.78 is 5.24. The van der Waals surface area contributed by atoms with E-state index in [2.05, 4.69) is 4.98 Å². The van der Waals surface area contributed by atoms with Gasteiger partial charge in [-0.05, 0) is 55.7 Å². The van der Waals surface area contributed by atoms with Gasteiger partial charge in [0.1, 0.15) is 17.6 Å². The van der Waals surface area contributed by atoms with Gasteiger partial charge >= 0.3 is 0 Å². The number of methoxy groups -OCH3 is 1. The Balaban J connectivity index is 1.87. The first-order valence-corrected chi connectivity index (χ1v) is 10.4. The van der Waals surface area contributed by atoms with E-state index in [1.165, 1.54) is 0 Å². The molecule has 1 amide bonds. The molecule has 6 nitrogen and oxygen atoms in total. The minimum atomic E-state index is -0.684. The number of aliphatic hydroxyl groups is 1. The molecule has 0 radical (unpaired) electrons. The molecule has 2 heterocycles. The number of ketones is 1. The number of carbonyl (C=O) groups is 2. The maximum Gasteiger partial charge on any atom is 0.295 e. The number of aryl methyl sites for hydroxylation is 1. The topological polar surface area (TPSA) is 79.7 Å². The Morgan fingerprint density at radius 3 is 2.53 bits per heavy atom. The molecular formula is C24H26N2O4. The minimum absolute atomic E-state index is 0.0236. The SMILES string of the molecule is COc1ccc(/C(O)=C2/C(=O)C(=O)N(C3CCCCC3)C2c2ccccn2)c(C)c1. The number of amides is 1. The van der Waals surface area contributed by atoms with Gasteiger partial charge in [0, 0.05) is 17.8 Å². The van der Waals surface area contributed by atoms with Gasteiger partial charge in [-0.3, -0.25) is 14.6 Å². The van der Waals surface area contributed by atoms with Crippen LogP contribution in [0.25, 0.3) is 5.76 Å². The molecule has 1 unspecified atom stereocenters. The van der Waals surface area contributed by atoms with Crippen LogP contribution in [0.15, 0.2) is 48.2 Å². The number of aromatic nitrogens is 1. The maximum absolute atomic E-state index is 13.1. The molecule has 6 heteroatoms. The van der Waals surface area contributed by atoms with Gasteiger partial charge in [-0.25, -0.2) is 0 Å². The highest BCUT2D eigenvalue weighted by molar-refractivity contribution is 6.46. The monoisotopic (exact) mass is 406 g/mol. The number of rotatable bonds is 4. The van der Waals surface area contributed by atoms with Gasteiger partial charge in [-0.1, -0.05) is 25.3 Å². The molecule has 1 N–H and O–H groups in total. The molecule has 1 saturated heterocycles. The van der Waals surface area contributed by atoms with Crippen LogP contribution in [-0.4, -0.2) is 39.8 Å². The molecule has 4 rings (SSSR count). The van der Waals surface area contributed by atoms with Crippen molar-refractivity contribution < 1.29 is 19.4 Å².